The molecule has 0 radical (unpaired) electrons. The molecule has 9 nitrogen and oxygen atoms in total. The zero-order valence-electron chi connectivity index (χ0n) is 20.4. The smallest absolute Gasteiger partial charge is 0.303 e. The van der Waals surface area contributed by atoms with Crippen LogP contribution in [0.3, 0.4) is 0 Å². The molecule has 0 spiro atoms. The number of ether oxygens (including phenoxy) is 3. The Hall–Kier alpha value is -1.71. The summed E-state index contributed by atoms with van der Waals surface area (Å²) in [5.41, 5.74) is 0. The lowest BCUT2D eigenvalue weighted by molar-refractivity contribution is -0.163. The van der Waals surface area contributed by atoms with Crippen molar-refractivity contribution in [3.05, 3.63) is 0 Å². The number of esters is 3. The Morgan fingerprint density at radius 3 is 1.07 bits per heavy atom. The normalized spacial score (nSPS) is 8.60. The molecule has 0 aromatic rings. The summed E-state index contributed by atoms with van der Waals surface area (Å²) >= 11 is 0. The van der Waals surface area contributed by atoms with Gasteiger partial charge in [0.1, 0.15) is 19.3 Å². The zero-order valence-corrected chi connectivity index (χ0v) is 20.4. The minimum Gasteiger partial charge on any atom is -0.462 e. The van der Waals surface area contributed by atoms with Crippen LogP contribution in [0.2, 0.25) is 0 Å². The highest BCUT2D eigenvalue weighted by Gasteiger charge is 2.15. The lowest BCUT2D eigenvalue weighted by Crippen LogP contribution is -2.29. The summed E-state index contributed by atoms with van der Waals surface area (Å²) in [6.45, 7) is 15.5. The zero-order chi connectivity index (χ0) is 25.0. The molecular formula is C21H46O9. The number of aliphatic hydroxyl groups excluding tert-OH is 3. The van der Waals surface area contributed by atoms with Crippen molar-refractivity contribution in [3.63, 3.8) is 0 Å². The van der Waals surface area contributed by atoms with Crippen molar-refractivity contribution in [2.24, 2.45) is 0 Å². The molecule has 0 aliphatic carbocycles. The molecule has 3 N–H and O–H groups in total. The number of carbonyl (C=O) groups is 3. The molecule has 0 saturated carbocycles. The molecular weight excluding hydrogens is 396 g/mol. The topological polar surface area (TPSA) is 140 Å². The Bertz CT molecular complexity index is 334. The van der Waals surface area contributed by atoms with Gasteiger partial charge >= 0.3 is 17.9 Å². The van der Waals surface area contributed by atoms with E-state index in [0.29, 0.717) is 0 Å². The second kappa shape index (κ2) is 34.8. The van der Waals surface area contributed by atoms with E-state index >= 15 is 0 Å². The van der Waals surface area contributed by atoms with Crippen molar-refractivity contribution in [2.75, 3.05) is 26.4 Å². The molecule has 0 aliphatic rings. The van der Waals surface area contributed by atoms with Crippen LogP contribution in [0.4, 0.5) is 0 Å². The highest BCUT2D eigenvalue weighted by Crippen LogP contribution is 1.97. The third-order valence-corrected chi connectivity index (χ3v) is 1.70. The molecule has 30 heavy (non-hydrogen) atoms. The second-order valence-electron chi connectivity index (χ2n) is 5.98. The summed E-state index contributed by atoms with van der Waals surface area (Å²) in [6.07, 6.45) is 2.04. The summed E-state index contributed by atoms with van der Waals surface area (Å²) < 4.78 is 14.0. The summed E-state index contributed by atoms with van der Waals surface area (Å²) in [4.78, 5) is 31.6. The van der Waals surface area contributed by atoms with E-state index < -0.39 is 30.1 Å². The molecule has 0 amide bonds. The first-order valence-corrected chi connectivity index (χ1v) is 10.3. The minimum absolute atomic E-state index is 0.123. The van der Waals surface area contributed by atoms with E-state index in [-0.39, 0.29) is 26.4 Å². The number of aliphatic hydroxyl groups is 3. The van der Waals surface area contributed by atoms with Crippen LogP contribution < -0.4 is 0 Å². The van der Waals surface area contributed by atoms with Crippen LogP contribution in [0.25, 0.3) is 0 Å². The lowest BCUT2D eigenvalue weighted by atomic mass is 10.4. The molecule has 0 bridgehead atoms. The molecule has 9 heteroatoms. The van der Waals surface area contributed by atoms with E-state index in [0.717, 1.165) is 0 Å². The molecule has 0 unspecified atom stereocenters. The van der Waals surface area contributed by atoms with Gasteiger partial charge < -0.3 is 29.5 Å². The summed E-state index contributed by atoms with van der Waals surface area (Å²) in [7, 11) is 0. The fourth-order valence-electron chi connectivity index (χ4n) is 0.829. The Kier molecular flexibility index (Phi) is 45.0. The van der Waals surface area contributed by atoms with Gasteiger partial charge in [-0.05, 0) is 0 Å². The molecule has 0 atom stereocenters. The maximum absolute atomic E-state index is 10.6. The fraction of sp³-hybridized carbons (Fsp3) is 0.857. The average Bonchev–Trinajstić information content (AvgIpc) is 2.65. The molecule has 184 valence electrons. The molecule has 0 rings (SSSR count). The standard InChI is InChI=1S/C9H14O6.C3H8O3.3C3H8/c1-6(10)13-4-9(15-8(3)12)5-14-7(2)11;4-1-3(6)2-5;3*1-3-2/h9H,4-5H2,1-3H3;3-6H,1-2H2;3*3H2,1-2H3. The van der Waals surface area contributed by atoms with E-state index in [1.54, 1.807) is 0 Å². The average molecular weight is 443 g/mol. The van der Waals surface area contributed by atoms with E-state index in [4.69, 9.17) is 20.1 Å². The van der Waals surface area contributed by atoms with Gasteiger partial charge in [-0.1, -0.05) is 60.8 Å². The van der Waals surface area contributed by atoms with Gasteiger partial charge in [0.2, 0.25) is 0 Å². The predicted molar refractivity (Wildman–Crippen MR) is 117 cm³/mol. The molecule has 0 aromatic carbocycles. The Morgan fingerprint density at radius 2 is 0.933 bits per heavy atom. The van der Waals surface area contributed by atoms with Crippen molar-refractivity contribution in [2.45, 2.75) is 93.8 Å². The third kappa shape index (κ3) is 63.4. The van der Waals surface area contributed by atoms with Crippen molar-refractivity contribution in [3.8, 4) is 0 Å². The first kappa shape index (κ1) is 38.8. The summed E-state index contributed by atoms with van der Waals surface area (Å²) in [6, 6.07) is 0. The van der Waals surface area contributed by atoms with Crippen molar-refractivity contribution < 1.29 is 43.9 Å². The molecule has 0 aliphatic heterocycles. The van der Waals surface area contributed by atoms with Crippen molar-refractivity contribution in [1.29, 1.82) is 0 Å². The monoisotopic (exact) mass is 442 g/mol. The molecule has 0 heterocycles. The van der Waals surface area contributed by atoms with Crippen LogP contribution in [0, 0.1) is 0 Å². The van der Waals surface area contributed by atoms with Crippen LogP contribution in [0.15, 0.2) is 0 Å². The van der Waals surface area contributed by atoms with Crippen LogP contribution >= 0.6 is 0 Å². The van der Waals surface area contributed by atoms with E-state index in [1.165, 1.54) is 40.0 Å². The van der Waals surface area contributed by atoms with Gasteiger partial charge in [0, 0.05) is 20.8 Å². The van der Waals surface area contributed by atoms with E-state index in [9.17, 15) is 14.4 Å². The van der Waals surface area contributed by atoms with E-state index in [1.807, 2.05) is 0 Å². The first-order chi connectivity index (χ1) is 14.0. The Balaban J connectivity index is -0.000000114. The van der Waals surface area contributed by atoms with Crippen molar-refractivity contribution >= 4 is 17.9 Å². The van der Waals surface area contributed by atoms with Crippen LogP contribution in [0.1, 0.15) is 81.6 Å². The Morgan fingerprint density at radius 1 is 0.667 bits per heavy atom. The maximum Gasteiger partial charge on any atom is 0.303 e. The molecule has 0 aromatic heterocycles. The lowest BCUT2D eigenvalue weighted by Gasteiger charge is -2.15. The van der Waals surface area contributed by atoms with Gasteiger partial charge in [-0.3, -0.25) is 14.4 Å². The quantitative estimate of drug-likeness (QED) is 0.401. The largest absolute Gasteiger partial charge is 0.462 e. The summed E-state index contributed by atoms with van der Waals surface area (Å²) in [5, 5.41) is 24.0. The Labute approximate surface area is 182 Å². The number of rotatable bonds is 7. The highest BCUT2D eigenvalue weighted by molar-refractivity contribution is 5.67. The van der Waals surface area contributed by atoms with E-state index in [2.05, 4.69) is 51.0 Å². The van der Waals surface area contributed by atoms with Crippen LogP contribution in [-0.4, -0.2) is 71.9 Å². The van der Waals surface area contributed by atoms with Gasteiger partial charge in [-0.25, -0.2) is 0 Å². The SMILES string of the molecule is CC(=O)OCC(COC(C)=O)OC(C)=O.CCC.CCC.CCC.OCC(O)CO. The van der Waals surface area contributed by atoms with Crippen LogP contribution in [0.5, 0.6) is 0 Å². The number of hydrogen-bond donors (Lipinski definition) is 3. The van der Waals surface area contributed by atoms with Gasteiger partial charge in [0.15, 0.2) is 6.10 Å². The molecule has 0 fully saturated rings. The highest BCUT2D eigenvalue weighted by atomic mass is 16.6. The van der Waals surface area contributed by atoms with Crippen molar-refractivity contribution in [1.82, 2.24) is 0 Å². The predicted octanol–water partition coefficient (Wildman–Crippen LogP) is 2.63. The molecule has 0 saturated heterocycles. The van der Waals surface area contributed by atoms with Gasteiger partial charge in [-0.15, -0.1) is 0 Å². The second-order valence-corrected chi connectivity index (χ2v) is 5.98. The van der Waals surface area contributed by atoms with Gasteiger partial charge in [-0.2, -0.15) is 0 Å². The summed E-state index contributed by atoms with van der Waals surface area (Å²) in [5.74, 6) is -1.51. The maximum atomic E-state index is 10.6. The third-order valence-electron chi connectivity index (χ3n) is 1.70. The van der Waals surface area contributed by atoms with Gasteiger partial charge in [0.25, 0.3) is 0 Å². The minimum atomic E-state index is -0.954. The number of hydrogen-bond acceptors (Lipinski definition) is 9. The number of carbonyl (C=O) groups excluding carboxylic acids is 3. The van der Waals surface area contributed by atoms with Gasteiger partial charge in [0.05, 0.1) is 13.2 Å². The fourth-order valence-corrected chi connectivity index (χ4v) is 0.829. The van der Waals surface area contributed by atoms with Crippen LogP contribution in [-0.2, 0) is 28.6 Å². The first-order valence-electron chi connectivity index (χ1n) is 10.3.